The Kier molecular flexibility index (Phi) is 3.69. The topological polar surface area (TPSA) is 64.9 Å². The summed E-state index contributed by atoms with van der Waals surface area (Å²) in [5, 5.41) is 3.46. The molecule has 128 valence electrons. The number of thiol groups is 1. The van der Waals surface area contributed by atoms with Gasteiger partial charge < -0.3 is 10.1 Å². The van der Waals surface area contributed by atoms with Gasteiger partial charge in [0.2, 0.25) is 5.95 Å². The molecule has 0 aliphatic carbocycles. The third kappa shape index (κ3) is 3.20. The highest BCUT2D eigenvalue weighted by Gasteiger charge is 2.31. The minimum absolute atomic E-state index is 0.291. The molecule has 1 N–H and O–H groups in total. The second-order valence-electron chi connectivity index (χ2n) is 4.91. The van der Waals surface area contributed by atoms with Gasteiger partial charge in [-0.15, -0.1) is 13.2 Å². The molecule has 4 rings (SSSR count). The van der Waals surface area contributed by atoms with Crippen LogP contribution in [0.15, 0.2) is 36.5 Å². The van der Waals surface area contributed by atoms with E-state index in [1.54, 1.807) is 18.3 Å². The van der Waals surface area contributed by atoms with Crippen LogP contribution in [0.3, 0.4) is 0 Å². The summed E-state index contributed by atoms with van der Waals surface area (Å²) < 4.78 is 42.9. The quantitative estimate of drug-likeness (QED) is 0.514. The number of imidazole rings is 1. The van der Waals surface area contributed by atoms with E-state index in [4.69, 9.17) is 0 Å². The van der Waals surface area contributed by atoms with Gasteiger partial charge in [-0.3, -0.25) is 0 Å². The zero-order valence-electron chi connectivity index (χ0n) is 12.2. The van der Waals surface area contributed by atoms with Crippen molar-refractivity contribution >= 4 is 56.6 Å². The van der Waals surface area contributed by atoms with E-state index in [0.29, 0.717) is 32.5 Å². The van der Waals surface area contributed by atoms with Gasteiger partial charge in [0.15, 0.2) is 10.8 Å². The Morgan fingerprint density at radius 1 is 1.16 bits per heavy atom. The zero-order chi connectivity index (χ0) is 17.6. The normalized spacial score (nSPS) is 12.0. The van der Waals surface area contributed by atoms with Crippen LogP contribution in [0.1, 0.15) is 0 Å². The number of anilines is 2. The smallest absolute Gasteiger partial charge is 0.406 e. The molecule has 0 amide bonds. The van der Waals surface area contributed by atoms with Crippen LogP contribution < -0.4 is 10.1 Å². The average Bonchev–Trinajstić information content (AvgIpc) is 3.07. The summed E-state index contributed by atoms with van der Waals surface area (Å²) in [6.07, 6.45) is -3.11. The van der Waals surface area contributed by atoms with Crippen molar-refractivity contribution in [3.05, 3.63) is 36.5 Å². The van der Waals surface area contributed by atoms with Crippen LogP contribution in [0.25, 0.3) is 21.4 Å². The molecule has 0 aliphatic rings. The summed E-state index contributed by atoms with van der Waals surface area (Å²) in [6.45, 7) is 0. The minimum atomic E-state index is -4.73. The first-order valence-electron chi connectivity index (χ1n) is 6.85. The van der Waals surface area contributed by atoms with Gasteiger partial charge in [0.1, 0.15) is 11.3 Å². The van der Waals surface area contributed by atoms with Gasteiger partial charge in [0.25, 0.3) is 0 Å². The largest absolute Gasteiger partial charge is 0.573 e. The van der Waals surface area contributed by atoms with E-state index in [2.05, 4.69) is 37.8 Å². The highest BCUT2D eigenvalue weighted by molar-refractivity contribution is 7.78. The molecule has 0 spiro atoms. The number of aromatic nitrogens is 4. The third-order valence-corrected chi connectivity index (χ3v) is 4.52. The molecule has 0 saturated heterocycles. The molecule has 0 atom stereocenters. The maximum absolute atomic E-state index is 12.3. The van der Waals surface area contributed by atoms with E-state index in [1.807, 2.05) is 0 Å². The number of halogens is 3. The second-order valence-corrected chi connectivity index (χ2v) is 6.35. The lowest BCUT2D eigenvalue weighted by Gasteiger charge is -2.07. The van der Waals surface area contributed by atoms with Crippen molar-refractivity contribution in [3.8, 4) is 5.75 Å². The molecular weight excluding hydrogens is 375 g/mol. The maximum atomic E-state index is 12.3. The molecule has 0 fully saturated rings. The number of thiazole rings is 1. The van der Waals surface area contributed by atoms with Gasteiger partial charge in [-0.05, 0) is 24.3 Å². The summed E-state index contributed by atoms with van der Waals surface area (Å²) in [6, 6.07) is 7.52. The van der Waals surface area contributed by atoms with Crippen LogP contribution in [0.4, 0.5) is 24.3 Å². The summed E-state index contributed by atoms with van der Waals surface area (Å²) in [5.41, 5.74) is 1.78. The molecule has 0 radical (unpaired) electrons. The van der Waals surface area contributed by atoms with Crippen LogP contribution in [-0.2, 0) is 0 Å². The minimum Gasteiger partial charge on any atom is -0.406 e. The number of alkyl halides is 3. The molecule has 0 aliphatic heterocycles. The highest BCUT2D eigenvalue weighted by atomic mass is 32.1. The van der Waals surface area contributed by atoms with E-state index in [1.165, 1.54) is 33.5 Å². The van der Waals surface area contributed by atoms with Gasteiger partial charge >= 0.3 is 6.36 Å². The monoisotopic (exact) mass is 383 g/mol. The number of hydrogen-bond donors (Lipinski definition) is 2. The first-order valence-corrected chi connectivity index (χ1v) is 8.07. The summed E-state index contributed by atoms with van der Waals surface area (Å²) in [5.74, 6) is 0.115. The van der Waals surface area contributed by atoms with E-state index in [0.717, 1.165) is 0 Å². The van der Waals surface area contributed by atoms with Crippen LogP contribution in [0, 0.1) is 0 Å². The van der Waals surface area contributed by atoms with Gasteiger partial charge in [0.05, 0.1) is 10.2 Å². The highest BCUT2D eigenvalue weighted by Crippen LogP contribution is 2.33. The Hall–Kier alpha value is -2.53. The lowest BCUT2D eigenvalue weighted by molar-refractivity contribution is -0.274. The van der Waals surface area contributed by atoms with Crippen molar-refractivity contribution in [2.24, 2.45) is 0 Å². The molecule has 6 nitrogen and oxygen atoms in total. The van der Waals surface area contributed by atoms with E-state index in [-0.39, 0.29) is 5.75 Å². The van der Waals surface area contributed by atoms with Gasteiger partial charge in [-0.25, -0.2) is 18.9 Å². The first kappa shape index (κ1) is 16.0. The Morgan fingerprint density at radius 2 is 2.00 bits per heavy atom. The molecule has 0 bridgehead atoms. The molecule has 3 heterocycles. The van der Waals surface area contributed by atoms with Crippen molar-refractivity contribution in [2.45, 2.75) is 6.36 Å². The van der Waals surface area contributed by atoms with Crippen LogP contribution in [0.5, 0.6) is 5.75 Å². The first-order chi connectivity index (χ1) is 11.9. The fourth-order valence-electron chi connectivity index (χ4n) is 2.23. The number of hydrogen-bond acceptors (Lipinski definition) is 7. The van der Waals surface area contributed by atoms with Crippen LogP contribution in [-0.4, -0.2) is 25.3 Å². The third-order valence-electron chi connectivity index (χ3n) is 3.21. The lowest BCUT2D eigenvalue weighted by atomic mass is 10.3. The predicted octanol–water partition coefficient (Wildman–Crippen LogP) is 4.38. The number of pyridine rings is 1. The fourth-order valence-corrected chi connectivity index (χ4v) is 3.37. The molecule has 11 heteroatoms. The average molecular weight is 383 g/mol. The van der Waals surface area contributed by atoms with Crippen LogP contribution in [0.2, 0.25) is 0 Å². The summed E-state index contributed by atoms with van der Waals surface area (Å²) in [7, 11) is 0. The number of nitrogens with zero attached hydrogens (tertiary/aromatic N) is 4. The molecular formula is C14H8F3N5OS2. The van der Waals surface area contributed by atoms with E-state index < -0.39 is 6.36 Å². The Labute approximate surface area is 147 Å². The van der Waals surface area contributed by atoms with Crippen molar-refractivity contribution in [3.63, 3.8) is 0 Å². The molecule has 25 heavy (non-hydrogen) atoms. The van der Waals surface area contributed by atoms with Crippen molar-refractivity contribution in [1.82, 2.24) is 18.9 Å². The number of ether oxygens (including phenoxy) is 1. The fraction of sp³-hybridized carbons (Fsp3) is 0.0714. The number of benzene rings is 1. The predicted molar refractivity (Wildman–Crippen MR) is 91.5 cm³/mol. The Morgan fingerprint density at radius 3 is 2.76 bits per heavy atom. The van der Waals surface area contributed by atoms with E-state index >= 15 is 0 Å². The van der Waals surface area contributed by atoms with Gasteiger partial charge in [-0.1, -0.05) is 24.2 Å². The molecule has 0 saturated carbocycles. The zero-order valence-corrected chi connectivity index (χ0v) is 13.9. The number of rotatable bonds is 3. The number of fused-ring (bicyclic) bond motifs is 2. The molecule has 3 aromatic heterocycles. The van der Waals surface area contributed by atoms with Crippen molar-refractivity contribution < 1.29 is 17.9 Å². The molecule has 0 unspecified atom stereocenters. The SMILES string of the molecule is FC(F)(F)Oc1ccc2nc(Nc3nc4cccnc4n3S)sc2c1. The number of nitrogens with one attached hydrogen (secondary N) is 1. The van der Waals surface area contributed by atoms with Crippen LogP contribution >= 0.6 is 24.2 Å². The molecule has 1 aromatic carbocycles. The second kappa shape index (κ2) is 5.77. The summed E-state index contributed by atoms with van der Waals surface area (Å²) >= 11 is 5.51. The molecule has 4 aromatic rings. The maximum Gasteiger partial charge on any atom is 0.573 e. The Balaban J connectivity index is 1.66. The lowest BCUT2D eigenvalue weighted by Crippen LogP contribution is -2.16. The van der Waals surface area contributed by atoms with Crippen molar-refractivity contribution in [1.29, 1.82) is 0 Å². The van der Waals surface area contributed by atoms with Gasteiger partial charge in [0, 0.05) is 12.3 Å². The standard InChI is InChI=1S/C14H8F3N5OS2/c15-14(16,17)23-7-3-4-8-10(6-7)25-13(20-8)21-12-19-9-2-1-5-18-11(9)22(12)24/h1-6,24H,(H,19,20,21). The van der Waals surface area contributed by atoms with E-state index in [9.17, 15) is 13.2 Å². The van der Waals surface area contributed by atoms with Gasteiger partial charge in [-0.2, -0.15) is 0 Å². The summed E-state index contributed by atoms with van der Waals surface area (Å²) in [4.78, 5) is 12.8. The van der Waals surface area contributed by atoms with Crippen molar-refractivity contribution in [2.75, 3.05) is 5.32 Å². The Bertz CT molecular complexity index is 1080.